The van der Waals surface area contributed by atoms with Crippen molar-refractivity contribution in [2.45, 2.75) is 13.3 Å². The highest BCUT2D eigenvalue weighted by Gasteiger charge is 2.19. The van der Waals surface area contributed by atoms with Crippen LogP contribution in [0.2, 0.25) is 5.02 Å². The van der Waals surface area contributed by atoms with Crippen molar-refractivity contribution in [3.63, 3.8) is 0 Å². The Balaban J connectivity index is 2.14. The normalized spacial score (nSPS) is 10.5. The van der Waals surface area contributed by atoms with Crippen molar-refractivity contribution in [1.82, 2.24) is 20.0 Å². The molecule has 0 atom stereocenters. The standard InChI is InChI=1S/C14H15ClN4O4/c1-2-9-13(19-4-3-8(15)5-10(19)18-9)14(23)17-6-11(20)16-7-12(21)22/h3-5H,2,6-7H2,1H3,(H,16,20)(H,17,23)(H,21,22). The summed E-state index contributed by atoms with van der Waals surface area (Å²) in [6, 6.07) is 3.27. The molecule has 2 rings (SSSR count). The molecule has 122 valence electrons. The van der Waals surface area contributed by atoms with E-state index in [2.05, 4.69) is 15.6 Å². The number of carbonyl (C=O) groups excluding carboxylic acids is 2. The summed E-state index contributed by atoms with van der Waals surface area (Å²) in [5, 5.41) is 13.6. The summed E-state index contributed by atoms with van der Waals surface area (Å²) >= 11 is 5.91. The molecule has 0 aromatic carbocycles. The van der Waals surface area contributed by atoms with E-state index in [-0.39, 0.29) is 6.54 Å². The maximum absolute atomic E-state index is 12.3. The highest BCUT2D eigenvalue weighted by atomic mass is 35.5. The lowest BCUT2D eigenvalue weighted by molar-refractivity contribution is -0.137. The molecule has 0 fully saturated rings. The molecule has 0 bridgehead atoms. The Morgan fingerprint density at radius 1 is 1.30 bits per heavy atom. The molecule has 0 spiro atoms. The summed E-state index contributed by atoms with van der Waals surface area (Å²) in [5.41, 5.74) is 1.44. The number of pyridine rings is 1. The number of halogens is 1. The lowest BCUT2D eigenvalue weighted by atomic mass is 10.2. The molecular weight excluding hydrogens is 324 g/mol. The van der Waals surface area contributed by atoms with Gasteiger partial charge in [-0.2, -0.15) is 0 Å². The third-order valence-electron chi connectivity index (χ3n) is 3.06. The lowest BCUT2D eigenvalue weighted by Gasteiger charge is -2.07. The summed E-state index contributed by atoms with van der Waals surface area (Å²) in [6.07, 6.45) is 2.16. The van der Waals surface area contributed by atoms with Crippen molar-refractivity contribution in [2.24, 2.45) is 0 Å². The average molecular weight is 339 g/mol. The molecule has 0 radical (unpaired) electrons. The summed E-state index contributed by atoms with van der Waals surface area (Å²) in [5.74, 6) is -2.21. The van der Waals surface area contributed by atoms with Crippen LogP contribution < -0.4 is 10.6 Å². The molecular formula is C14H15ClN4O4. The first kappa shape index (κ1) is 16.8. The number of hydrogen-bond acceptors (Lipinski definition) is 4. The van der Waals surface area contributed by atoms with Gasteiger partial charge in [0.2, 0.25) is 5.91 Å². The van der Waals surface area contributed by atoms with E-state index in [1.54, 1.807) is 22.7 Å². The van der Waals surface area contributed by atoms with Gasteiger partial charge in [-0.05, 0) is 12.5 Å². The third kappa shape index (κ3) is 3.98. The van der Waals surface area contributed by atoms with Gasteiger partial charge in [-0.15, -0.1) is 0 Å². The number of rotatable bonds is 6. The number of aromatic nitrogens is 2. The van der Waals surface area contributed by atoms with Gasteiger partial charge in [0.15, 0.2) is 0 Å². The van der Waals surface area contributed by atoms with Gasteiger partial charge < -0.3 is 15.7 Å². The van der Waals surface area contributed by atoms with Crippen LogP contribution in [0.1, 0.15) is 23.1 Å². The molecule has 8 nitrogen and oxygen atoms in total. The average Bonchev–Trinajstić information content (AvgIpc) is 2.88. The van der Waals surface area contributed by atoms with Gasteiger partial charge >= 0.3 is 5.97 Å². The first-order valence-electron chi connectivity index (χ1n) is 6.85. The second kappa shape index (κ2) is 7.10. The Labute approximate surface area is 136 Å². The number of nitrogens with one attached hydrogen (secondary N) is 2. The molecule has 2 heterocycles. The van der Waals surface area contributed by atoms with E-state index in [1.165, 1.54) is 0 Å². The minimum Gasteiger partial charge on any atom is -0.480 e. The van der Waals surface area contributed by atoms with E-state index < -0.39 is 24.3 Å². The van der Waals surface area contributed by atoms with Crippen LogP contribution in [-0.4, -0.2) is 45.4 Å². The molecule has 2 amide bonds. The quantitative estimate of drug-likeness (QED) is 0.709. The largest absolute Gasteiger partial charge is 0.480 e. The number of imidazole rings is 1. The SMILES string of the molecule is CCc1nc2cc(Cl)ccn2c1C(=O)NCC(=O)NCC(=O)O. The van der Waals surface area contributed by atoms with Crippen LogP contribution in [0, 0.1) is 0 Å². The zero-order chi connectivity index (χ0) is 17.0. The molecule has 23 heavy (non-hydrogen) atoms. The highest BCUT2D eigenvalue weighted by molar-refractivity contribution is 6.30. The molecule has 0 aliphatic heterocycles. The van der Waals surface area contributed by atoms with E-state index in [9.17, 15) is 14.4 Å². The maximum Gasteiger partial charge on any atom is 0.322 e. The molecule has 3 N–H and O–H groups in total. The predicted molar refractivity (Wildman–Crippen MR) is 82.6 cm³/mol. The molecule has 0 saturated carbocycles. The first-order valence-corrected chi connectivity index (χ1v) is 7.23. The smallest absolute Gasteiger partial charge is 0.322 e. The predicted octanol–water partition coefficient (Wildman–Crippen LogP) is 0.481. The lowest BCUT2D eigenvalue weighted by Crippen LogP contribution is -2.39. The van der Waals surface area contributed by atoms with Gasteiger partial charge in [-0.1, -0.05) is 18.5 Å². The van der Waals surface area contributed by atoms with Crippen molar-refractivity contribution in [1.29, 1.82) is 0 Å². The van der Waals surface area contributed by atoms with E-state index in [4.69, 9.17) is 16.7 Å². The van der Waals surface area contributed by atoms with Crippen LogP contribution in [0.5, 0.6) is 0 Å². The zero-order valence-electron chi connectivity index (χ0n) is 12.3. The molecule has 0 aliphatic carbocycles. The third-order valence-corrected chi connectivity index (χ3v) is 3.29. The second-order valence-electron chi connectivity index (χ2n) is 4.69. The van der Waals surface area contributed by atoms with Gasteiger partial charge in [-0.25, -0.2) is 4.98 Å². The van der Waals surface area contributed by atoms with E-state index in [1.807, 2.05) is 6.92 Å². The van der Waals surface area contributed by atoms with Crippen LogP contribution >= 0.6 is 11.6 Å². The minimum atomic E-state index is -1.16. The van der Waals surface area contributed by atoms with E-state index in [0.717, 1.165) is 0 Å². The van der Waals surface area contributed by atoms with Gasteiger partial charge in [0.05, 0.1) is 12.2 Å². The Kier molecular flexibility index (Phi) is 5.17. The van der Waals surface area contributed by atoms with Gasteiger partial charge in [0, 0.05) is 17.3 Å². The van der Waals surface area contributed by atoms with Gasteiger partial charge in [0.25, 0.3) is 5.91 Å². The van der Waals surface area contributed by atoms with Crippen LogP contribution in [0.15, 0.2) is 18.3 Å². The van der Waals surface area contributed by atoms with Crippen LogP contribution in [0.3, 0.4) is 0 Å². The Morgan fingerprint density at radius 3 is 2.70 bits per heavy atom. The number of hydrogen-bond donors (Lipinski definition) is 3. The van der Waals surface area contributed by atoms with Crippen molar-refractivity contribution in [2.75, 3.05) is 13.1 Å². The van der Waals surface area contributed by atoms with Crippen LogP contribution in [0.25, 0.3) is 5.65 Å². The number of aryl methyl sites for hydroxylation is 1. The summed E-state index contributed by atoms with van der Waals surface area (Å²) < 4.78 is 1.59. The Bertz CT molecular complexity index is 771. The molecule has 2 aromatic rings. The summed E-state index contributed by atoms with van der Waals surface area (Å²) in [4.78, 5) is 38.5. The minimum absolute atomic E-state index is 0.323. The Morgan fingerprint density at radius 2 is 2.04 bits per heavy atom. The number of carbonyl (C=O) groups is 3. The molecule has 0 saturated heterocycles. The van der Waals surface area contributed by atoms with Crippen molar-refractivity contribution in [3.05, 3.63) is 34.7 Å². The van der Waals surface area contributed by atoms with Crippen molar-refractivity contribution < 1.29 is 19.5 Å². The fraction of sp³-hybridized carbons (Fsp3) is 0.286. The molecule has 0 unspecified atom stereocenters. The molecule has 0 aliphatic rings. The van der Waals surface area contributed by atoms with Gasteiger partial charge in [-0.3, -0.25) is 18.8 Å². The van der Waals surface area contributed by atoms with Crippen molar-refractivity contribution in [3.8, 4) is 0 Å². The summed E-state index contributed by atoms with van der Waals surface area (Å²) in [6.45, 7) is 1.04. The molecule has 9 heteroatoms. The fourth-order valence-corrected chi connectivity index (χ4v) is 2.19. The topological polar surface area (TPSA) is 113 Å². The van der Waals surface area contributed by atoms with Gasteiger partial charge in [0.1, 0.15) is 17.9 Å². The second-order valence-corrected chi connectivity index (χ2v) is 5.12. The number of nitrogens with zero attached hydrogens (tertiary/aromatic N) is 2. The zero-order valence-corrected chi connectivity index (χ0v) is 13.1. The summed E-state index contributed by atoms with van der Waals surface area (Å²) in [7, 11) is 0. The van der Waals surface area contributed by atoms with E-state index >= 15 is 0 Å². The monoisotopic (exact) mass is 338 g/mol. The van der Waals surface area contributed by atoms with E-state index in [0.29, 0.717) is 28.5 Å². The maximum atomic E-state index is 12.3. The number of carboxylic acids is 1. The highest BCUT2D eigenvalue weighted by Crippen LogP contribution is 2.17. The fourth-order valence-electron chi connectivity index (χ4n) is 2.04. The first-order chi connectivity index (χ1) is 10.9. The van der Waals surface area contributed by atoms with Crippen molar-refractivity contribution >= 4 is 35.0 Å². The van der Waals surface area contributed by atoms with Crippen LogP contribution in [0.4, 0.5) is 0 Å². The van der Waals surface area contributed by atoms with Crippen LogP contribution in [-0.2, 0) is 16.0 Å². The molecule has 2 aromatic heterocycles. The number of fused-ring (bicyclic) bond motifs is 1. The Hall–Kier alpha value is -2.61. The number of carboxylic acid groups (broad SMARTS) is 1. The number of amides is 2. The number of aliphatic carboxylic acids is 1.